The monoisotopic (exact) mass is 1430 g/mol. The lowest BCUT2D eigenvalue weighted by Gasteiger charge is -2.35. The highest BCUT2D eigenvalue weighted by atomic mass is 16.5. The fourth-order valence-electron chi connectivity index (χ4n) is 17.4. The van der Waals surface area contributed by atoms with Crippen molar-refractivity contribution in [2.45, 2.75) is 287 Å². The fraction of sp³-hybridized carbons (Fsp3) is 0.500. The molecule has 2 heterocycles. The van der Waals surface area contributed by atoms with Crippen molar-refractivity contribution >= 4 is 66.7 Å². The number of benzene rings is 9. The zero-order valence-electron chi connectivity index (χ0n) is 67.2. The van der Waals surface area contributed by atoms with Gasteiger partial charge in [0.1, 0.15) is 46.0 Å². The SMILES string of the molecule is CCCCCC(C)(C)c1ccccc1Oc1cc2c3c(cc(Oc4ccccc4C(C)(C)CCCCC)c4c5c(Oc6ccccc6C(C)(C)CCCCC)cc6c7c(cc(Oc8ccccc8C(C)(C)CCCCC)c(c1c34)c75)C(=O)N(CC(CC)CCCC)C6=O)C(=O)N(CC(CC)CCCC)C2=O. The number of carbonyl (C=O) groups is 4. The maximum atomic E-state index is 16.5. The van der Waals surface area contributed by atoms with Gasteiger partial charge in [0, 0.05) is 78.4 Å². The first-order valence-corrected chi connectivity index (χ1v) is 41.1. The molecule has 0 aromatic heterocycles. The van der Waals surface area contributed by atoms with Crippen LogP contribution in [0.3, 0.4) is 0 Å². The molecular weight excluding hydrogens is 1310 g/mol. The molecule has 4 amide bonds. The first-order chi connectivity index (χ1) is 50.9. The minimum absolute atomic E-state index is 0.0489. The Morgan fingerprint density at radius 2 is 0.509 bits per heavy atom. The van der Waals surface area contributed by atoms with E-state index in [4.69, 9.17) is 18.9 Å². The maximum absolute atomic E-state index is 16.5. The summed E-state index contributed by atoms with van der Waals surface area (Å²) < 4.78 is 31.6. The highest BCUT2D eigenvalue weighted by Gasteiger charge is 2.44. The Labute approximate surface area is 634 Å². The molecular formula is C96H122N2O8. The number of imide groups is 2. The molecule has 0 saturated carbocycles. The molecule has 0 N–H and O–H groups in total. The van der Waals surface area contributed by atoms with Crippen LogP contribution in [0, 0.1) is 11.8 Å². The molecule has 10 heteroatoms. The number of hydrogen-bond donors (Lipinski definition) is 0. The van der Waals surface area contributed by atoms with Gasteiger partial charge in [-0.1, -0.05) is 299 Å². The van der Waals surface area contributed by atoms with Crippen LogP contribution >= 0.6 is 0 Å². The minimum atomic E-state index is -0.404. The average molecular weight is 1430 g/mol. The summed E-state index contributed by atoms with van der Waals surface area (Å²) in [5.41, 5.74) is 3.87. The van der Waals surface area contributed by atoms with E-state index in [1.807, 2.05) is 72.8 Å². The Balaban J connectivity index is 1.39. The van der Waals surface area contributed by atoms with Crippen LogP contribution in [0.4, 0.5) is 0 Å². The summed E-state index contributed by atoms with van der Waals surface area (Å²) in [6, 6.07) is 40.7. The van der Waals surface area contributed by atoms with Crippen LogP contribution < -0.4 is 18.9 Å². The summed E-state index contributed by atoms with van der Waals surface area (Å²) in [6.45, 7) is 36.3. The molecule has 0 aliphatic carbocycles. The molecule has 564 valence electrons. The first kappa shape index (κ1) is 78.8. The molecule has 0 spiro atoms. The van der Waals surface area contributed by atoms with E-state index in [0.29, 0.717) is 111 Å². The maximum Gasteiger partial charge on any atom is 0.261 e. The normalized spacial score (nSPS) is 14.2. The molecule has 2 unspecified atom stereocenters. The van der Waals surface area contributed by atoms with E-state index < -0.39 is 23.6 Å². The largest absolute Gasteiger partial charge is 0.456 e. The summed E-state index contributed by atoms with van der Waals surface area (Å²) >= 11 is 0. The van der Waals surface area contributed by atoms with Gasteiger partial charge in [-0.2, -0.15) is 0 Å². The smallest absolute Gasteiger partial charge is 0.261 e. The summed E-state index contributed by atoms with van der Waals surface area (Å²) in [4.78, 5) is 68.9. The van der Waals surface area contributed by atoms with Gasteiger partial charge >= 0.3 is 0 Å². The number of rotatable bonds is 40. The molecule has 2 aliphatic rings. The third-order valence-corrected chi connectivity index (χ3v) is 24.0. The molecule has 2 atom stereocenters. The Morgan fingerprint density at radius 3 is 0.726 bits per heavy atom. The molecule has 11 rings (SSSR count). The summed E-state index contributed by atoms with van der Waals surface area (Å²) in [6.07, 6.45) is 23.5. The Kier molecular flexibility index (Phi) is 25.2. The second kappa shape index (κ2) is 33.9. The standard InChI is InChI=1S/C96H122N2O8/c1-17-25-39-53-93(9,10)69-45-31-35-49-73(69)103-77-57-65-81-66(90(100)97(89(65)99)61-63(23-7)43-29-21-5)59-79(105-75-51-37-33-47-71(75)95(13,14)55-41-27-19-3)85-86-80(106-76-52-38-34-48-72(76)96(15,16)56-42-28-20-4)60-68-82-67(91(101)98(92(68)102)62-64(24-8)44-30-22-6)58-78(84(88(82)86)83(77)87(81)85)104-74-50-36-32-46-70(74)94(11,12)54-40-26-18-2/h31-38,45-52,57-60,63-64H,17-30,39-44,53-56,61-62H2,1-16H3. The van der Waals surface area contributed by atoms with Gasteiger partial charge in [-0.15, -0.1) is 0 Å². The number of ether oxygens (including phenoxy) is 4. The van der Waals surface area contributed by atoms with Crippen LogP contribution in [0.15, 0.2) is 121 Å². The lowest BCUT2D eigenvalue weighted by atomic mass is 9.79. The van der Waals surface area contributed by atoms with Gasteiger partial charge in [0.05, 0.1) is 22.3 Å². The van der Waals surface area contributed by atoms with E-state index >= 15 is 19.2 Å². The van der Waals surface area contributed by atoms with Crippen molar-refractivity contribution in [2.75, 3.05) is 13.1 Å². The predicted octanol–water partition coefficient (Wildman–Crippen LogP) is 28.0. The van der Waals surface area contributed by atoms with E-state index in [2.05, 4.69) is 159 Å². The van der Waals surface area contributed by atoms with Gasteiger partial charge in [-0.05, 0) is 121 Å². The van der Waals surface area contributed by atoms with Crippen molar-refractivity contribution in [1.82, 2.24) is 9.80 Å². The molecule has 0 bridgehead atoms. The van der Waals surface area contributed by atoms with E-state index in [9.17, 15) is 0 Å². The van der Waals surface area contributed by atoms with Crippen LogP contribution in [0.2, 0.25) is 0 Å². The van der Waals surface area contributed by atoms with Gasteiger partial charge in [0.25, 0.3) is 23.6 Å². The van der Waals surface area contributed by atoms with Crippen molar-refractivity contribution < 1.29 is 38.1 Å². The van der Waals surface area contributed by atoms with Crippen LogP contribution in [-0.4, -0.2) is 46.5 Å². The summed E-state index contributed by atoms with van der Waals surface area (Å²) in [7, 11) is 0. The van der Waals surface area contributed by atoms with Gasteiger partial charge in [0.15, 0.2) is 0 Å². The third-order valence-electron chi connectivity index (χ3n) is 24.0. The molecule has 0 saturated heterocycles. The number of amides is 4. The fourth-order valence-corrected chi connectivity index (χ4v) is 17.4. The summed E-state index contributed by atoms with van der Waals surface area (Å²) in [5, 5.41) is 4.16. The molecule has 10 nitrogen and oxygen atoms in total. The predicted molar refractivity (Wildman–Crippen MR) is 440 cm³/mol. The number of unbranched alkanes of at least 4 members (excludes halogenated alkanes) is 10. The number of hydrogen-bond acceptors (Lipinski definition) is 8. The second-order valence-corrected chi connectivity index (χ2v) is 33.7. The van der Waals surface area contributed by atoms with Crippen LogP contribution in [0.5, 0.6) is 46.0 Å². The van der Waals surface area contributed by atoms with E-state index in [0.717, 1.165) is 176 Å². The number of nitrogens with zero attached hydrogens (tertiary/aromatic N) is 2. The van der Waals surface area contributed by atoms with Crippen molar-refractivity contribution in [1.29, 1.82) is 0 Å². The molecule has 2 aliphatic heterocycles. The van der Waals surface area contributed by atoms with Crippen molar-refractivity contribution in [3.05, 3.63) is 166 Å². The quantitative estimate of drug-likeness (QED) is 0.0162. The minimum Gasteiger partial charge on any atom is -0.456 e. The molecule has 0 fully saturated rings. The lowest BCUT2D eigenvalue weighted by Crippen LogP contribution is -2.43. The van der Waals surface area contributed by atoms with Crippen LogP contribution in [0.1, 0.15) is 329 Å². The van der Waals surface area contributed by atoms with E-state index in [-0.39, 0.29) is 46.6 Å². The van der Waals surface area contributed by atoms with Gasteiger partial charge in [0.2, 0.25) is 0 Å². The Hall–Kier alpha value is -8.24. The highest BCUT2D eigenvalue weighted by Crippen LogP contribution is 2.59. The van der Waals surface area contributed by atoms with Crippen molar-refractivity contribution in [3.8, 4) is 46.0 Å². The number of para-hydroxylation sites is 4. The Morgan fingerprint density at radius 1 is 0.283 bits per heavy atom. The van der Waals surface area contributed by atoms with E-state index in [1.54, 1.807) is 0 Å². The molecule has 9 aromatic rings. The summed E-state index contributed by atoms with van der Waals surface area (Å²) in [5.74, 6) is 2.37. The van der Waals surface area contributed by atoms with Crippen LogP contribution in [0.25, 0.3) is 43.1 Å². The van der Waals surface area contributed by atoms with Crippen molar-refractivity contribution in [2.24, 2.45) is 11.8 Å². The van der Waals surface area contributed by atoms with Crippen LogP contribution in [-0.2, 0) is 21.7 Å². The zero-order valence-corrected chi connectivity index (χ0v) is 67.2. The van der Waals surface area contributed by atoms with Gasteiger partial charge in [-0.25, -0.2) is 0 Å². The second-order valence-electron chi connectivity index (χ2n) is 33.7. The number of fused-ring (bicyclic) bond motifs is 2. The topological polar surface area (TPSA) is 112 Å². The van der Waals surface area contributed by atoms with Gasteiger partial charge < -0.3 is 18.9 Å². The third kappa shape index (κ3) is 16.0. The molecule has 106 heavy (non-hydrogen) atoms. The van der Waals surface area contributed by atoms with E-state index in [1.165, 1.54) is 9.80 Å². The highest BCUT2D eigenvalue weighted by molar-refractivity contribution is 6.45. The molecule has 0 radical (unpaired) electrons. The number of carbonyl (C=O) groups excluding carboxylic acids is 4. The zero-order chi connectivity index (χ0) is 75.8. The average Bonchev–Trinajstić information content (AvgIpc) is 0.671. The van der Waals surface area contributed by atoms with Gasteiger partial charge in [-0.3, -0.25) is 29.0 Å². The Bertz CT molecular complexity index is 4070. The first-order valence-electron chi connectivity index (χ1n) is 41.1. The van der Waals surface area contributed by atoms with Crippen molar-refractivity contribution in [3.63, 3.8) is 0 Å². The molecule has 9 aromatic carbocycles. The lowest BCUT2D eigenvalue weighted by molar-refractivity contribution is 0.0565.